The van der Waals surface area contributed by atoms with Crippen molar-refractivity contribution in [2.24, 2.45) is 5.92 Å². The Morgan fingerprint density at radius 2 is 1.91 bits per heavy atom. The molecule has 5 rings (SSSR count). The van der Waals surface area contributed by atoms with Crippen LogP contribution in [0, 0.1) is 5.92 Å². The molecule has 1 saturated heterocycles. The zero-order chi connectivity index (χ0) is 30.7. The van der Waals surface area contributed by atoms with Crippen molar-refractivity contribution >= 4 is 23.3 Å². The number of benzene rings is 2. The highest BCUT2D eigenvalue weighted by atomic mass is 19.4. The van der Waals surface area contributed by atoms with Gasteiger partial charge in [-0.2, -0.15) is 18.2 Å². The number of methoxy groups -OCH3 is 1. The number of likely N-dealkylation sites (tertiary alicyclic amines) is 1. The number of Topliss-reactive ketones (excluding diaryl/α,β-unsaturated/α-hetero) is 1. The minimum Gasteiger partial charge on any atom is -0.495 e. The topological polar surface area (TPSA) is 106 Å². The third kappa shape index (κ3) is 6.71. The monoisotopic (exact) mass is 601 g/mol. The van der Waals surface area contributed by atoms with Crippen LogP contribution in [0.2, 0.25) is 0 Å². The lowest BCUT2D eigenvalue weighted by Crippen LogP contribution is -2.43. The molecule has 3 aromatic rings. The number of hydrogen-bond acceptors (Lipinski definition) is 8. The summed E-state index contributed by atoms with van der Waals surface area (Å²) in [6.45, 7) is 1.09. The van der Waals surface area contributed by atoms with Gasteiger partial charge in [0.15, 0.2) is 5.78 Å². The number of ether oxygens (including phenoxy) is 2. The van der Waals surface area contributed by atoms with Crippen molar-refractivity contribution in [2.75, 3.05) is 39.2 Å². The molecule has 0 bridgehead atoms. The number of fused-ring (bicyclic) bond motifs is 1. The second-order valence-corrected chi connectivity index (χ2v) is 10.6. The molecule has 2 heterocycles. The van der Waals surface area contributed by atoms with Crippen molar-refractivity contribution in [3.8, 4) is 17.4 Å². The molecule has 2 N–H and O–H groups in total. The largest absolute Gasteiger partial charge is 0.495 e. The van der Waals surface area contributed by atoms with E-state index in [1.54, 1.807) is 18.2 Å². The van der Waals surface area contributed by atoms with Crippen LogP contribution in [-0.4, -0.2) is 66.5 Å². The van der Waals surface area contributed by atoms with E-state index in [0.717, 1.165) is 25.9 Å². The van der Waals surface area contributed by atoms with Crippen molar-refractivity contribution in [3.05, 3.63) is 64.8 Å². The molecule has 1 aliphatic carbocycles. The first-order chi connectivity index (χ1) is 20.6. The highest BCUT2D eigenvalue weighted by Gasteiger charge is 2.38. The van der Waals surface area contributed by atoms with Crippen LogP contribution in [0.1, 0.15) is 51.1 Å². The molecule has 1 unspecified atom stereocenters. The molecular formula is C30H31F4N5O4. The summed E-state index contributed by atoms with van der Waals surface area (Å²) in [5.41, 5.74) is 0.111. The van der Waals surface area contributed by atoms with Crippen LogP contribution in [0.15, 0.2) is 42.6 Å². The lowest BCUT2D eigenvalue weighted by atomic mass is 10.0. The number of nitrogens with zero attached hydrogens (tertiary/aromatic N) is 3. The van der Waals surface area contributed by atoms with E-state index in [0.29, 0.717) is 23.0 Å². The number of hydrogen-bond donors (Lipinski definition) is 2. The number of carbonyl (C=O) groups is 2. The third-order valence-corrected chi connectivity index (χ3v) is 7.68. The van der Waals surface area contributed by atoms with E-state index >= 15 is 0 Å². The molecule has 1 amide bonds. The fraction of sp³-hybridized carbons (Fsp3) is 0.400. The van der Waals surface area contributed by atoms with Gasteiger partial charge in [-0.25, -0.2) is 4.98 Å². The number of nitrogens with one attached hydrogen (secondary N) is 2. The molecule has 228 valence electrons. The summed E-state index contributed by atoms with van der Waals surface area (Å²) in [5.74, 6) is -2.15. The first-order valence-electron chi connectivity index (χ1n) is 13.9. The van der Waals surface area contributed by atoms with Gasteiger partial charge >= 0.3 is 6.18 Å². The average Bonchev–Trinajstić information content (AvgIpc) is 3.29. The first-order valence-corrected chi connectivity index (χ1v) is 13.9. The van der Waals surface area contributed by atoms with Gasteiger partial charge in [0.1, 0.15) is 17.1 Å². The van der Waals surface area contributed by atoms with Crippen LogP contribution >= 0.6 is 0 Å². The molecule has 0 saturated carbocycles. The van der Waals surface area contributed by atoms with Crippen molar-refractivity contribution in [1.29, 1.82) is 0 Å². The molecule has 2 aliphatic rings. The van der Waals surface area contributed by atoms with Crippen molar-refractivity contribution < 1.29 is 36.6 Å². The Labute approximate surface area is 245 Å². The summed E-state index contributed by atoms with van der Waals surface area (Å²) in [4.78, 5) is 35.7. The quantitative estimate of drug-likeness (QED) is 0.307. The fourth-order valence-electron chi connectivity index (χ4n) is 5.32. The van der Waals surface area contributed by atoms with Crippen LogP contribution in [0.5, 0.6) is 17.4 Å². The van der Waals surface area contributed by atoms with Gasteiger partial charge in [0.25, 0.3) is 5.91 Å². The minimum absolute atomic E-state index is 0.0167. The SMILES string of the molecule is COc1cc(C(=O)NC2CCN(C)CC2)ccc1Nc1ncc(C(F)(F)F)c(Oc2cccc3c2C(=O)C(CCF)C3)n1. The molecule has 1 atom stereocenters. The normalized spacial score (nSPS) is 17.4. The van der Waals surface area contributed by atoms with E-state index in [2.05, 4.69) is 25.5 Å². The predicted octanol–water partition coefficient (Wildman–Crippen LogP) is 5.58. The van der Waals surface area contributed by atoms with Gasteiger partial charge in [-0.1, -0.05) is 12.1 Å². The summed E-state index contributed by atoms with van der Waals surface area (Å²) in [6, 6.07) is 9.27. The lowest BCUT2D eigenvalue weighted by molar-refractivity contribution is -0.139. The first kappa shape index (κ1) is 30.2. The Hall–Kier alpha value is -4.26. The zero-order valence-electron chi connectivity index (χ0n) is 23.6. The van der Waals surface area contributed by atoms with Gasteiger partial charge in [0.2, 0.25) is 11.8 Å². The molecule has 2 aromatic carbocycles. The number of amides is 1. The Bertz CT molecular complexity index is 1510. The summed E-state index contributed by atoms with van der Waals surface area (Å²) in [7, 11) is 3.42. The van der Waals surface area contributed by atoms with Gasteiger partial charge in [0.05, 0.1) is 25.0 Å². The van der Waals surface area contributed by atoms with Crippen molar-refractivity contribution in [2.45, 2.75) is 37.9 Å². The number of anilines is 2. The van der Waals surface area contributed by atoms with Crippen LogP contribution in [-0.2, 0) is 12.6 Å². The van der Waals surface area contributed by atoms with Crippen molar-refractivity contribution in [1.82, 2.24) is 20.2 Å². The molecule has 9 nitrogen and oxygen atoms in total. The van der Waals surface area contributed by atoms with Gasteiger partial charge in [-0.15, -0.1) is 0 Å². The third-order valence-electron chi connectivity index (χ3n) is 7.68. The number of ketones is 1. The number of rotatable bonds is 9. The summed E-state index contributed by atoms with van der Waals surface area (Å²) < 4.78 is 65.7. The zero-order valence-corrected chi connectivity index (χ0v) is 23.6. The number of aromatic nitrogens is 2. The Kier molecular flexibility index (Phi) is 8.81. The van der Waals surface area contributed by atoms with Crippen LogP contribution < -0.4 is 20.1 Å². The lowest BCUT2D eigenvalue weighted by Gasteiger charge is -2.29. The van der Waals surface area contributed by atoms with Crippen LogP contribution in [0.4, 0.5) is 29.2 Å². The van der Waals surface area contributed by atoms with E-state index in [4.69, 9.17) is 9.47 Å². The molecule has 1 aliphatic heterocycles. The molecule has 43 heavy (non-hydrogen) atoms. The highest BCUT2D eigenvalue weighted by Crippen LogP contribution is 2.41. The number of halogens is 4. The number of piperidine rings is 1. The summed E-state index contributed by atoms with van der Waals surface area (Å²) in [6.07, 6.45) is -2.29. The van der Waals surface area contributed by atoms with E-state index < -0.39 is 30.2 Å². The van der Waals surface area contributed by atoms with Crippen LogP contribution in [0.3, 0.4) is 0 Å². The fourth-order valence-corrected chi connectivity index (χ4v) is 5.32. The van der Waals surface area contributed by atoms with Gasteiger partial charge in [0, 0.05) is 23.7 Å². The molecule has 0 radical (unpaired) electrons. The van der Waals surface area contributed by atoms with E-state index in [-0.39, 0.29) is 53.6 Å². The van der Waals surface area contributed by atoms with Crippen LogP contribution in [0.25, 0.3) is 0 Å². The number of carbonyl (C=O) groups excluding carboxylic acids is 2. The average molecular weight is 602 g/mol. The molecule has 1 aromatic heterocycles. The summed E-state index contributed by atoms with van der Waals surface area (Å²) in [5, 5.41) is 5.85. The highest BCUT2D eigenvalue weighted by molar-refractivity contribution is 6.04. The maximum Gasteiger partial charge on any atom is 0.423 e. The van der Waals surface area contributed by atoms with Gasteiger partial charge < -0.3 is 25.0 Å². The molecule has 1 fully saturated rings. The molecule has 0 spiro atoms. The predicted molar refractivity (Wildman–Crippen MR) is 150 cm³/mol. The van der Waals surface area contributed by atoms with Gasteiger partial charge in [-0.3, -0.25) is 14.0 Å². The maximum atomic E-state index is 13.9. The Balaban J connectivity index is 1.39. The summed E-state index contributed by atoms with van der Waals surface area (Å²) >= 11 is 0. The standard InChI is InChI=1S/C30H31F4N5O4/c1-39-12-9-20(10-13-39)36-27(41)19-6-7-22(24(15-19)42-2)37-29-35-16-21(30(32,33)34)28(38-29)43-23-5-3-4-17-14-18(8-11-31)26(40)25(17)23/h3-7,15-16,18,20H,8-14H2,1-2H3,(H,36,41)(H,35,37,38). The second-order valence-electron chi connectivity index (χ2n) is 10.6. The second kappa shape index (κ2) is 12.5. The smallest absolute Gasteiger partial charge is 0.423 e. The molecule has 13 heteroatoms. The number of alkyl halides is 4. The molecular weight excluding hydrogens is 570 g/mol. The Morgan fingerprint density at radius 1 is 1.14 bits per heavy atom. The minimum atomic E-state index is -4.85. The Morgan fingerprint density at radius 3 is 2.60 bits per heavy atom. The van der Waals surface area contributed by atoms with Gasteiger partial charge in [-0.05, 0) is 75.6 Å². The van der Waals surface area contributed by atoms with E-state index in [1.807, 2.05) is 7.05 Å². The van der Waals surface area contributed by atoms with E-state index in [9.17, 15) is 27.2 Å². The van der Waals surface area contributed by atoms with Crippen molar-refractivity contribution in [3.63, 3.8) is 0 Å². The van der Waals surface area contributed by atoms with E-state index in [1.165, 1.54) is 25.3 Å². The maximum absolute atomic E-state index is 13.9.